The molecule has 1 saturated heterocycles. The molecule has 1 aliphatic heterocycles. The van der Waals surface area contributed by atoms with Crippen molar-refractivity contribution in [1.29, 1.82) is 5.26 Å². The van der Waals surface area contributed by atoms with Crippen LogP contribution in [0.2, 0.25) is 5.02 Å². The molecule has 0 atom stereocenters. The van der Waals surface area contributed by atoms with Gasteiger partial charge in [-0.3, -0.25) is 14.5 Å². The van der Waals surface area contributed by atoms with Crippen LogP contribution in [0.15, 0.2) is 47.4 Å². The number of benzene rings is 2. The van der Waals surface area contributed by atoms with Gasteiger partial charge in [-0.05, 0) is 41.6 Å². The van der Waals surface area contributed by atoms with Crippen molar-refractivity contribution >= 4 is 40.6 Å². The molecule has 1 fully saturated rings. The van der Waals surface area contributed by atoms with E-state index in [9.17, 15) is 14.0 Å². The summed E-state index contributed by atoms with van der Waals surface area (Å²) in [4.78, 5) is 25.8. The molecule has 2 aromatic rings. The Morgan fingerprint density at radius 2 is 1.96 bits per heavy atom. The predicted molar refractivity (Wildman–Crippen MR) is 94.1 cm³/mol. The quantitative estimate of drug-likeness (QED) is 0.739. The van der Waals surface area contributed by atoms with Crippen LogP contribution in [-0.2, 0) is 11.3 Å². The van der Waals surface area contributed by atoms with E-state index in [4.69, 9.17) is 16.9 Å². The Labute approximate surface area is 152 Å². The second-order valence-corrected chi connectivity index (χ2v) is 6.57. The molecule has 0 aliphatic carbocycles. The normalized spacial score (nSPS) is 15.7. The van der Waals surface area contributed by atoms with Gasteiger partial charge >= 0.3 is 0 Å². The average molecular weight is 373 g/mol. The van der Waals surface area contributed by atoms with Crippen LogP contribution in [0.3, 0.4) is 0 Å². The highest BCUT2D eigenvalue weighted by Crippen LogP contribution is 2.35. The molecule has 2 aromatic carbocycles. The first-order valence-electron chi connectivity index (χ1n) is 7.18. The summed E-state index contributed by atoms with van der Waals surface area (Å²) in [6, 6.07) is 12.9. The molecule has 1 heterocycles. The first kappa shape index (κ1) is 17.2. The summed E-state index contributed by atoms with van der Waals surface area (Å²) in [5.74, 6) is -1.11. The van der Waals surface area contributed by atoms with Crippen LogP contribution in [0, 0.1) is 17.1 Å². The minimum absolute atomic E-state index is 0.0171. The van der Waals surface area contributed by atoms with Gasteiger partial charge in [-0.2, -0.15) is 5.26 Å². The molecular weight excluding hydrogens is 363 g/mol. The lowest BCUT2D eigenvalue weighted by Gasteiger charge is -2.13. The molecule has 0 spiro atoms. The minimum Gasteiger partial charge on any atom is -0.268 e. The van der Waals surface area contributed by atoms with Gasteiger partial charge in [0.1, 0.15) is 5.82 Å². The smallest absolute Gasteiger partial charge is 0.268 e. The van der Waals surface area contributed by atoms with E-state index < -0.39 is 17.0 Å². The fraction of sp³-hybridized carbons (Fsp3) is 0.0556. The Morgan fingerprint density at radius 3 is 2.68 bits per heavy atom. The summed E-state index contributed by atoms with van der Waals surface area (Å²) in [6.07, 6.45) is 1.28. The number of nitrogens with zero attached hydrogens (tertiary/aromatic N) is 2. The van der Waals surface area contributed by atoms with Crippen LogP contribution in [0.25, 0.3) is 6.08 Å². The molecule has 0 aromatic heterocycles. The number of thioether (sulfide) groups is 1. The van der Waals surface area contributed by atoms with Gasteiger partial charge in [0.25, 0.3) is 11.1 Å². The van der Waals surface area contributed by atoms with Gasteiger partial charge < -0.3 is 0 Å². The molecule has 3 rings (SSSR count). The lowest BCUT2D eigenvalue weighted by Crippen LogP contribution is -2.27. The third kappa shape index (κ3) is 3.43. The standard InChI is InChI=1S/C18H10ClFN2O2S/c19-14-6-3-7-15(20)13(14)8-16-17(23)22(18(24)25-16)10-12-5-2-1-4-11(12)9-21/h1-8H,10H2/b16-8-. The van der Waals surface area contributed by atoms with Crippen LogP contribution in [0.1, 0.15) is 16.7 Å². The zero-order valence-electron chi connectivity index (χ0n) is 12.7. The lowest BCUT2D eigenvalue weighted by atomic mass is 10.1. The molecule has 2 amide bonds. The second-order valence-electron chi connectivity index (χ2n) is 5.17. The third-order valence-electron chi connectivity index (χ3n) is 3.62. The van der Waals surface area contributed by atoms with Crippen LogP contribution >= 0.6 is 23.4 Å². The molecule has 4 nitrogen and oxygen atoms in total. The highest BCUT2D eigenvalue weighted by molar-refractivity contribution is 8.18. The van der Waals surface area contributed by atoms with Crippen molar-refractivity contribution in [3.8, 4) is 6.07 Å². The average Bonchev–Trinajstić information content (AvgIpc) is 2.86. The molecule has 7 heteroatoms. The number of amides is 2. The molecule has 0 unspecified atom stereocenters. The number of nitriles is 1. The van der Waals surface area contributed by atoms with E-state index in [0.29, 0.717) is 11.1 Å². The summed E-state index contributed by atoms with van der Waals surface area (Å²) >= 11 is 6.68. The molecule has 0 radical (unpaired) electrons. The molecule has 0 saturated carbocycles. The zero-order chi connectivity index (χ0) is 18.0. The maximum Gasteiger partial charge on any atom is 0.293 e. The molecular formula is C18H10ClFN2O2S. The van der Waals surface area contributed by atoms with Crippen molar-refractivity contribution in [3.63, 3.8) is 0 Å². The SMILES string of the molecule is N#Cc1ccccc1CN1C(=O)S/C(=C\c2c(F)cccc2Cl)C1=O. The Bertz CT molecular complexity index is 932. The molecule has 0 N–H and O–H groups in total. The monoisotopic (exact) mass is 372 g/mol. The van der Waals surface area contributed by atoms with Gasteiger partial charge in [-0.25, -0.2) is 4.39 Å². The van der Waals surface area contributed by atoms with Gasteiger partial charge in [-0.15, -0.1) is 0 Å². The third-order valence-corrected chi connectivity index (χ3v) is 4.85. The Balaban J connectivity index is 1.91. The van der Waals surface area contributed by atoms with Gasteiger partial charge in [0.15, 0.2) is 0 Å². The lowest BCUT2D eigenvalue weighted by molar-refractivity contribution is -0.123. The van der Waals surface area contributed by atoms with Gasteiger partial charge in [0, 0.05) is 5.56 Å². The van der Waals surface area contributed by atoms with E-state index in [1.54, 1.807) is 24.3 Å². The second kappa shape index (κ2) is 7.09. The van der Waals surface area contributed by atoms with E-state index >= 15 is 0 Å². The van der Waals surface area contributed by atoms with Crippen molar-refractivity contribution < 1.29 is 14.0 Å². The summed E-state index contributed by atoms with van der Waals surface area (Å²) in [5.41, 5.74) is 1.02. The van der Waals surface area contributed by atoms with E-state index in [2.05, 4.69) is 0 Å². The molecule has 25 heavy (non-hydrogen) atoms. The van der Waals surface area contributed by atoms with E-state index in [1.165, 1.54) is 24.3 Å². The maximum atomic E-state index is 13.9. The summed E-state index contributed by atoms with van der Waals surface area (Å²) in [6.45, 7) is -0.0171. The number of imide groups is 1. The Morgan fingerprint density at radius 1 is 1.20 bits per heavy atom. The van der Waals surface area contributed by atoms with Crippen LogP contribution in [-0.4, -0.2) is 16.0 Å². The summed E-state index contributed by atoms with van der Waals surface area (Å²) < 4.78 is 13.9. The van der Waals surface area contributed by atoms with Crippen LogP contribution in [0.5, 0.6) is 0 Å². The van der Waals surface area contributed by atoms with Gasteiger partial charge in [0.05, 0.1) is 28.1 Å². The fourth-order valence-corrected chi connectivity index (χ4v) is 3.39. The fourth-order valence-electron chi connectivity index (χ4n) is 2.35. The number of halogens is 2. The van der Waals surface area contributed by atoms with Crippen molar-refractivity contribution in [2.45, 2.75) is 6.54 Å². The summed E-state index contributed by atoms with van der Waals surface area (Å²) in [5, 5.41) is 8.80. The highest BCUT2D eigenvalue weighted by Gasteiger charge is 2.35. The van der Waals surface area contributed by atoms with Crippen LogP contribution in [0.4, 0.5) is 9.18 Å². The Kier molecular flexibility index (Phi) is 4.88. The molecule has 124 valence electrons. The number of rotatable bonds is 3. The van der Waals surface area contributed by atoms with E-state index in [0.717, 1.165) is 16.7 Å². The largest absolute Gasteiger partial charge is 0.293 e. The molecule has 1 aliphatic rings. The van der Waals surface area contributed by atoms with Crippen molar-refractivity contribution in [2.75, 3.05) is 0 Å². The first-order valence-corrected chi connectivity index (χ1v) is 8.38. The van der Waals surface area contributed by atoms with Crippen LogP contribution < -0.4 is 0 Å². The van der Waals surface area contributed by atoms with Gasteiger partial charge in [0.2, 0.25) is 0 Å². The highest BCUT2D eigenvalue weighted by atomic mass is 35.5. The minimum atomic E-state index is -0.575. The van der Waals surface area contributed by atoms with E-state index in [1.807, 2.05) is 6.07 Å². The first-order chi connectivity index (χ1) is 12.0. The summed E-state index contributed by atoms with van der Waals surface area (Å²) in [7, 11) is 0. The number of hydrogen-bond donors (Lipinski definition) is 0. The maximum absolute atomic E-state index is 13.9. The van der Waals surface area contributed by atoms with Crippen molar-refractivity contribution in [3.05, 3.63) is 74.9 Å². The number of carbonyl (C=O) groups is 2. The van der Waals surface area contributed by atoms with Gasteiger partial charge in [-0.1, -0.05) is 35.9 Å². The van der Waals surface area contributed by atoms with Crippen molar-refractivity contribution in [2.24, 2.45) is 0 Å². The Hall–Kier alpha value is -2.62. The molecule has 0 bridgehead atoms. The number of hydrogen-bond acceptors (Lipinski definition) is 4. The zero-order valence-corrected chi connectivity index (χ0v) is 14.3. The number of carbonyl (C=O) groups excluding carboxylic acids is 2. The van der Waals surface area contributed by atoms with Crippen molar-refractivity contribution in [1.82, 2.24) is 4.90 Å². The topological polar surface area (TPSA) is 61.2 Å². The predicted octanol–water partition coefficient (Wildman–Crippen LogP) is 4.59. The van der Waals surface area contributed by atoms with E-state index in [-0.39, 0.29) is 22.0 Å².